The Morgan fingerprint density at radius 2 is 1.94 bits per heavy atom. The van der Waals surface area contributed by atoms with Gasteiger partial charge in [-0.05, 0) is 49.2 Å². The maximum atomic E-state index is 13.0. The zero-order chi connectivity index (χ0) is 21.2. The number of nitrogens with zero attached hydrogens (tertiary/aromatic N) is 3. The lowest BCUT2D eigenvalue weighted by atomic mass is 10.2. The van der Waals surface area contributed by atoms with Gasteiger partial charge in [0.1, 0.15) is 25.0 Å². The molecular formula is C22H22N4O5. The standard InChI is InChI=1S/C22H22N4O5/c1-28-16-7-4-14(5-8-16)20-24-21(31-25-20)17-3-2-10-26(17)22(27)23-15-6-9-18-19(13-15)30-12-11-29-18/h4-9,13,17H,2-3,10-12H2,1H3,(H,23,27)/t17-/m1/s1. The van der Waals surface area contributed by atoms with Gasteiger partial charge in [0.2, 0.25) is 11.7 Å². The smallest absolute Gasteiger partial charge is 0.322 e. The number of hydrogen-bond donors (Lipinski definition) is 1. The van der Waals surface area contributed by atoms with Crippen LogP contribution in [0.4, 0.5) is 10.5 Å². The maximum Gasteiger partial charge on any atom is 0.322 e. The highest BCUT2D eigenvalue weighted by Gasteiger charge is 2.34. The van der Waals surface area contributed by atoms with Gasteiger partial charge in [0, 0.05) is 23.9 Å². The number of ether oxygens (including phenoxy) is 3. The molecule has 0 radical (unpaired) electrons. The number of fused-ring (bicyclic) bond motifs is 1. The molecule has 2 aliphatic rings. The van der Waals surface area contributed by atoms with E-state index in [1.54, 1.807) is 30.2 Å². The molecule has 3 heterocycles. The summed E-state index contributed by atoms with van der Waals surface area (Å²) < 4.78 is 21.8. The molecule has 2 amide bonds. The van der Waals surface area contributed by atoms with Gasteiger partial charge in [0.25, 0.3) is 0 Å². The molecular weight excluding hydrogens is 400 g/mol. The first kappa shape index (κ1) is 19.2. The molecule has 0 aliphatic carbocycles. The normalized spacial score (nSPS) is 17.5. The highest BCUT2D eigenvalue weighted by molar-refractivity contribution is 5.90. The van der Waals surface area contributed by atoms with Gasteiger partial charge >= 0.3 is 6.03 Å². The predicted octanol–water partition coefficient (Wildman–Crippen LogP) is 3.89. The molecule has 3 aromatic rings. The van der Waals surface area contributed by atoms with Crippen molar-refractivity contribution in [2.75, 3.05) is 32.2 Å². The Hall–Kier alpha value is -3.75. The molecule has 1 atom stereocenters. The van der Waals surface area contributed by atoms with Crippen LogP contribution >= 0.6 is 0 Å². The topological polar surface area (TPSA) is 99.0 Å². The van der Waals surface area contributed by atoms with Gasteiger partial charge in [0.05, 0.1) is 7.11 Å². The van der Waals surface area contributed by atoms with Crippen molar-refractivity contribution >= 4 is 11.7 Å². The fourth-order valence-electron chi connectivity index (χ4n) is 3.81. The van der Waals surface area contributed by atoms with Crippen molar-refractivity contribution in [1.82, 2.24) is 15.0 Å². The number of hydrogen-bond acceptors (Lipinski definition) is 7. The zero-order valence-electron chi connectivity index (χ0n) is 17.0. The lowest BCUT2D eigenvalue weighted by molar-refractivity contribution is 0.171. The molecule has 1 N–H and O–H groups in total. The fourth-order valence-corrected chi connectivity index (χ4v) is 3.81. The summed E-state index contributed by atoms with van der Waals surface area (Å²) in [6, 6.07) is 12.3. The minimum atomic E-state index is -0.267. The van der Waals surface area contributed by atoms with E-state index in [2.05, 4.69) is 15.5 Å². The molecule has 31 heavy (non-hydrogen) atoms. The van der Waals surface area contributed by atoms with Gasteiger partial charge in [-0.3, -0.25) is 0 Å². The van der Waals surface area contributed by atoms with Crippen LogP contribution in [-0.4, -0.2) is 47.9 Å². The van der Waals surface area contributed by atoms with E-state index in [-0.39, 0.29) is 12.1 Å². The van der Waals surface area contributed by atoms with Crippen molar-refractivity contribution < 1.29 is 23.5 Å². The van der Waals surface area contributed by atoms with Crippen LogP contribution in [0.1, 0.15) is 24.8 Å². The maximum absolute atomic E-state index is 13.0. The predicted molar refractivity (Wildman–Crippen MR) is 111 cm³/mol. The molecule has 9 heteroatoms. The Morgan fingerprint density at radius 3 is 2.74 bits per heavy atom. The van der Waals surface area contributed by atoms with Crippen LogP contribution in [-0.2, 0) is 0 Å². The van der Waals surface area contributed by atoms with E-state index < -0.39 is 0 Å². The van der Waals surface area contributed by atoms with E-state index in [9.17, 15) is 4.79 Å². The van der Waals surface area contributed by atoms with E-state index in [4.69, 9.17) is 18.7 Å². The molecule has 0 saturated carbocycles. The minimum absolute atomic E-state index is 0.219. The number of aromatic nitrogens is 2. The molecule has 9 nitrogen and oxygen atoms in total. The number of likely N-dealkylation sites (tertiary alicyclic amines) is 1. The first-order chi connectivity index (χ1) is 15.2. The third kappa shape index (κ3) is 3.86. The van der Waals surface area contributed by atoms with E-state index in [0.717, 1.165) is 24.2 Å². The lowest BCUT2D eigenvalue weighted by Gasteiger charge is -2.23. The number of methoxy groups -OCH3 is 1. The van der Waals surface area contributed by atoms with Gasteiger partial charge in [0.15, 0.2) is 11.5 Å². The molecule has 0 unspecified atom stereocenters. The lowest BCUT2D eigenvalue weighted by Crippen LogP contribution is -2.34. The summed E-state index contributed by atoms with van der Waals surface area (Å²) in [4.78, 5) is 19.2. The van der Waals surface area contributed by atoms with E-state index in [0.29, 0.717) is 48.7 Å². The summed E-state index contributed by atoms with van der Waals surface area (Å²) in [5.41, 5.74) is 1.46. The first-order valence-electron chi connectivity index (χ1n) is 10.2. The highest BCUT2D eigenvalue weighted by atomic mass is 16.6. The number of benzene rings is 2. The minimum Gasteiger partial charge on any atom is -0.497 e. The molecule has 1 aromatic heterocycles. The molecule has 2 aromatic carbocycles. The molecule has 2 aliphatic heterocycles. The van der Waals surface area contributed by atoms with Crippen LogP contribution in [0, 0.1) is 0 Å². The Kier molecular flexibility index (Phi) is 5.07. The largest absolute Gasteiger partial charge is 0.497 e. The number of carbonyl (C=O) groups excluding carboxylic acids is 1. The van der Waals surface area contributed by atoms with Gasteiger partial charge < -0.3 is 29.0 Å². The zero-order valence-corrected chi connectivity index (χ0v) is 17.0. The SMILES string of the molecule is COc1ccc(-c2noc([C@H]3CCCN3C(=O)Nc3ccc4c(c3)OCCO4)n2)cc1. The number of rotatable bonds is 4. The van der Waals surface area contributed by atoms with Crippen molar-refractivity contribution in [2.45, 2.75) is 18.9 Å². The molecule has 0 bridgehead atoms. The Labute approximate surface area is 178 Å². The average Bonchev–Trinajstić information content (AvgIpc) is 3.49. The van der Waals surface area contributed by atoms with Gasteiger partial charge in [-0.25, -0.2) is 4.79 Å². The Bertz CT molecular complexity index is 1080. The Morgan fingerprint density at radius 1 is 1.13 bits per heavy atom. The number of nitrogens with one attached hydrogen (secondary N) is 1. The van der Waals surface area contributed by atoms with E-state index >= 15 is 0 Å². The van der Waals surface area contributed by atoms with Crippen LogP contribution in [0.5, 0.6) is 17.2 Å². The Balaban J connectivity index is 1.30. The fraction of sp³-hybridized carbons (Fsp3) is 0.318. The van der Waals surface area contributed by atoms with Gasteiger partial charge in [-0.2, -0.15) is 4.98 Å². The molecule has 5 rings (SSSR count). The summed E-state index contributed by atoms with van der Waals surface area (Å²) in [6.45, 7) is 1.63. The summed E-state index contributed by atoms with van der Waals surface area (Å²) in [5.74, 6) is 2.98. The van der Waals surface area contributed by atoms with Gasteiger partial charge in [-0.1, -0.05) is 5.16 Å². The second kappa shape index (κ2) is 8.17. The van der Waals surface area contributed by atoms with E-state index in [1.807, 2.05) is 24.3 Å². The summed E-state index contributed by atoms with van der Waals surface area (Å²) in [6.07, 6.45) is 1.62. The van der Waals surface area contributed by atoms with Crippen molar-refractivity contribution in [3.8, 4) is 28.6 Å². The van der Waals surface area contributed by atoms with Crippen LogP contribution in [0.3, 0.4) is 0 Å². The summed E-state index contributed by atoms with van der Waals surface area (Å²) in [7, 11) is 1.62. The van der Waals surface area contributed by atoms with Crippen LogP contribution in [0.25, 0.3) is 11.4 Å². The molecule has 160 valence electrons. The van der Waals surface area contributed by atoms with Crippen molar-refractivity contribution in [2.24, 2.45) is 0 Å². The molecule has 1 fully saturated rings. The summed E-state index contributed by atoms with van der Waals surface area (Å²) >= 11 is 0. The number of anilines is 1. The summed E-state index contributed by atoms with van der Waals surface area (Å²) in [5, 5.41) is 7.03. The number of urea groups is 1. The number of carbonyl (C=O) groups is 1. The average molecular weight is 422 g/mol. The van der Waals surface area contributed by atoms with E-state index in [1.165, 1.54) is 0 Å². The third-order valence-electron chi connectivity index (χ3n) is 5.38. The quantitative estimate of drug-likeness (QED) is 0.681. The van der Waals surface area contributed by atoms with Crippen LogP contribution in [0.15, 0.2) is 47.0 Å². The number of amides is 2. The second-order valence-corrected chi connectivity index (χ2v) is 7.32. The second-order valence-electron chi connectivity index (χ2n) is 7.32. The van der Waals surface area contributed by atoms with Gasteiger partial charge in [-0.15, -0.1) is 0 Å². The van der Waals surface area contributed by atoms with Crippen molar-refractivity contribution in [3.63, 3.8) is 0 Å². The third-order valence-corrected chi connectivity index (χ3v) is 5.38. The van der Waals surface area contributed by atoms with Crippen LogP contribution < -0.4 is 19.5 Å². The highest BCUT2D eigenvalue weighted by Crippen LogP contribution is 2.35. The first-order valence-corrected chi connectivity index (χ1v) is 10.2. The monoisotopic (exact) mass is 422 g/mol. The van der Waals surface area contributed by atoms with Crippen LogP contribution in [0.2, 0.25) is 0 Å². The van der Waals surface area contributed by atoms with Crippen molar-refractivity contribution in [1.29, 1.82) is 0 Å². The molecule has 0 spiro atoms. The van der Waals surface area contributed by atoms with Crippen molar-refractivity contribution in [3.05, 3.63) is 48.4 Å². The molecule has 1 saturated heterocycles.